The summed E-state index contributed by atoms with van der Waals surface area (Å²) in [5.74, 6) is 0. The summed E-state index contributed by atoms with van der Waals surface area (Å²) in [5, 5.41) is 12.6. The van der Waals surface area contributed by atoms with Crippen molar-refractivity contribution in [1.82, 2.24) is 0 Å². The Balaban J connectivity index is 2.07. The van der Waals surface area contributed by atoms with Gasteiger partial charge < -0.3 is 5.11 Å². The maximum Gasteiger partial charge on any atom is 0.152 e. The SMILES string of the molecule is OC1(Br)C(Br)C(Cl)(Br)C(c2ccccc2)=C(c2ccccc2)C1(c1ccccc1)c1ccccc1. The molecule has 1 nitrogen and oxygen atoms in total. The van der Waals surface area contributed by atoms with Crippen LogP contribution in [0.1, 0.15) is 22.3 Å². The van der Waals surface area contributed by atoms with Crippen LogP contribution >= 0.6 is 59.4 Å². The summed E-state index contributed by atoms with van der Waals surface area (Å²) < 4.78 is -2.66. The molecule has 0 saturated carbocycles. The molecule has 176 valence electrons. The van der Waals surface area contributed by atoms with Gasteiger partial charge in [0.1, 0.15) is 3.78 Å². The molecule has 0 heterocycles. The van der Waals surface area contributed by atoms with Gasteiger partial charge >= 0.3 is 0 Å². The molecule has 0 aliphatic heterocycles. The van der Waals surface area contributed by atoms with Gasteiger partial charge in [-0.05, 0) is 33.4 Å². The zero-order chi connectivity index (χ0) is 24.7. The fraction of sp³-hybridized carbons (Fsp3) is 0.133. The number of hydrogen-bond donors (Lipinski definition) is 1. The van der Waals surface area contributed by atoms with Crippen LogP contribution in [0.3, 0.4) is 0 Å². The minimum atomic E-state index is -1.53. The number of benzene rings is 4. The summed E-state index contributed by atoms with van der Waals surface area (Å²) in [5.41, 5.74) is 4.63. The van der Waals surface area contributed by atoms with Gasteiger partial charge in [-0.1, -0.05) is 181 Å². The number of allylic oxidation sites excluding steroid dienone is 1. The summed E-state index contributed by atoms with van der Waals surface area (Å²) in [7, 11) is 0. The second kappa shape index (κ2) is 9.64. The molecule has 0 aromatic heterocycles. The van der Waals surface area contributed by atoms with Crippen LogP contribution in [0.25, 0.3) is 11.1 Å². The molecule has 1 aliphatic carbocycles. The third-order valence-electron chi connectivity index (χ3n) is 6.68. The van der Waals surface area contributed by atoms with Gasteiger partial charge in [0.15, 0.2) is 4.51 Å². The first-order chi connectivity index (χ1) is 16.8. The first-order valence-corrected chi connectivity index (χ1v) is 14.1. The Hall–Kier alpha value is -1.69. The van der Waals surface area contributed by atoms with Crippen LogP contribution in [-0.4, -0.2) is 18.2 Å². The van der Waals surface area contributed by atoms with Gasteiger partial charge in [-0.25, -0.2) is 0 Å². The van der Waals surface area contributed by atoms with Crippen LogP contribution in [0.4, 0.5) is 0 Å². The molecule has 35 heavy (non-hydrogen) atoms. The Morgan fingerprint density at radius 2 is 0.914 bits per heavy atom. The van der Waals surface area contributed by atoms with Crippen LogP contribution in [0.5, 0.6) is 0 Å². The number of hydrogen-bond acceptors (Lipinski definition) is 1. The minimum Gasteiger partial charge on any atom is -0.376 e. The average Bonchev–Trinajstić information content (AvgIpc) is 2.89. The lowest BCUT2D eigenvalue weighted by Gasteiger charge is -2.56. The van der Waals surface area contributed by atoms with E-state index in [4.69, 9.17) is 11.6 Å². The van der Waals surface area contributed by atoms with E-state index in [1.807, 2.05) is 72.8 Å². The van der Waals surface area contributed by atoms with E-state index in [0.29, 0.717) is 0 Å². The Bertz CT molecular complexity index is 1300. The molecule has 0 spiro atoms. The van der Waals surface area contributed by atoms with Crippen molar-refractivity contribution in [2.45, 2.75) is 18.5 Å². The first-order valence-electron chi connectivity index (χ1n) is 11.2. The highest BCUT2D eigenvalue weighted by atomic mass is 79.9. The third-order valence-corrected chi connectivity index (χ3v) is 11.8. The van der Waals surface area contributed by atoms with E-state index in [-0.39, 0.29) is 0 Å². The highest BCUT2D eigenvalue weighted by Gasteiger charge is 2.67. The zero-order valence-electron chi connectivity index (χ0n) is 18.6. The quantitative estimate of drug-likeness (QED) is 0.215. The van der Waals surface area contributed by atoms with Crippen molar-refractivity contribution in [3.05, 3.63) is 144 Å². The Morgan fingerprint density at radius 3 is 1.31 bits per heavy atom. The topological polar surface area (TPSA) is 20.2 Å². The van der Waals surface area contributed by atoms with E-state index in [1.165, 1.54) is 0 Å². The summed E-state index contributed by atoms with van der Waals surface area (Å²) in [6.45, 7) is 0. The molecule has 1 N–H and O–H groups in total. The van der Waals surface area contributed by atoms with Crippen molar-refractivity contribution in [2.75, 3.05) is 0 Å². The fourth-order valence-corrected chi connectivity index (χ4v) is 8.36. The lowest BCUT2D eigenvalue weighted by atomic mass is 9.58. The van der Waals surface area contributed by atoms with Crippen molar-refractivity contribution < 1.29 is 5.11 Å². The predicted molar refractivity (Wildman–Crippen MR) is 157 cm³/mol. The van der Waals surface area contributed by atoms with Gasteiger partial charge in [0.25, 0.3) is 0 Å². The van der Waals surface area contributed by atoms with E-state index in [1.54, 1.807) is 0 Å². The molecule has 5 heteroatoms. The van der Waals surface area contributed by atoms with E-state index in [2.05, 4.69) is 96.3 Å². The molecular weight excluding hydrogens is 651 g/mol. The number of rotatable bonds is 4. The molecule has 0 amide bonds. The minimum absolute atomic E-state index is 0.632. The van der Waals surface area contributed by atoms with Gasteiger partial charge in [0, 0.05) is 0 Å². The molecule has 0 saturated heterocycles. The monoisotopic (exact) mass is 670 g/mol. The predicted octanol–water partition coefficient (Wildman–Crippen LogP) is 8.77. The molecule has 0 bridgehead atoms. The van der Waals surface area contributed by atoms with Crippen LogP contribution in [-0.2, 0) is 5.41 Å². The lowest BCUT2D eigenvalue weighted by Crippen LogP contribution is -2.62. The second-order valence-electron chi connectivity index (χ2n) is 8.62. The second-order valence-corrected chi connectivity index (χ2v) is 13.1. The standard InChI is InChI=1S/C30H22Br3ClO/c31-27-29(32,34)26(22-15-7-2-8-16-22)25(21-13-5-1-6-14-21)28(30(27,33)35,23-17-9-3-10-18-23)24-19-11-4-12-20-24/h1-20,27,35H. The van der Waals surface area contributed by atoms with Crippen LogP contribution in [0, 0.1) is 0 Å². The maximum absolute atomic E-state index is 12.6. The van der Waals surface area contributed by atoms with Crippen LogP contribution < -0.4 is 0 Å². The van der Waals surface area contributed by atoms with Gasteiger partial charge in [-0.15, -0.1) is 0 Å². The first kappa shape index (κ1) is 25.0. The van der Waals surface area contributed by atoms with Crippen LogP contribution in [0.2, 0.25) is 0 Å². The zero-order valence-corrected chi connectivity index (χ0v) is 24.1. The number of alkyl halides is 4. The van der Waals surface area contributed by atoms with Crippen molar-refractivity contribution in [3.63, 3.8) is 0 Å². The highest BCUT2D eigenvalue weighted by molar-refractivity contribution is 9.14. The largest absolute Gasteiger partial charge is 0.376 e. The van der Waals surface area contributed by atoms with Crippen molar-refractivity contribution in [3.8, 4) is 0 Å². The van der Waals surface area contributed by atoms with Gasteiger partial charge in [0.2, 0.25) is 0 Å². The molecule has 3 unspecified atom stereocenters. The third kappa shape index (κ3) is 3.89. The van der Waals surface area contributed by atoms with Gasteiger partial charge in [0.05, 0.1) is 10.2 Å². The molecule has 4 aromatic carbocycles. The van der Waals surface area contributed by atoms with E-state index in [0.717, 1.165) is 33.4 Å². The maximum atomic E-state index is 12.6. The van der Waals surface area contributed by atoms with E-state index in [9.17, 15) is 5.11 Å². The summed E-state index contributed by atoms with van der Waals surface area (Å²) in [4.78, 5) is -0.632. The molecule has 3 atom stereocenters. The molecule has 1 aliphatic rings. The molecule has 0 radical (unpaired) electrons. The average molecular weight is 674 g/mol. The van der Waals surface area contributed by atoms with Gasteiger partial charge in [-0.2, -0.15) is 0 Å². The summed E-state index contributed by atoms with van der Waals surface area (Å²) in [6.07, 6.45) is 0. The molecule has 4 aromatic rings. The number of halogens is 4. The fourth-order valence-electron chi connectivity index (χ4n) is 5.23. The van der Waals surface area contributed by atoms with Crippen molar-refractivity contribution >= 4 is 70.5 Å². The summed E-state index contributed by atoms with van der Waals surface area (Å²) >= 11 is 18.9. The van der Waals surface area contributed by atoms with Crippen LogP contribution in [0.15, 0.2) is 121 Å². The highest BCUT2D eigenvalue weighted by Crippen LogP contribution is 2.67. The molecule has 0 fully saturated rings. The smallest absolute Gasteiger partial charge is 0.152 e. The Morgan fingerprint density at radius 1 is 0.571 bits per heavy atom. The molecule has 5 rings (SSSR count). The number of aliphatic hydroxyl groups is 1. The van der Waals surface area contributed by atoms with E-state index >= 15 is 0 Å². The Labute approximate surface area is 236 Å². The van der Waals surface area contributed by atoms with Gasteiger partial charge in [-0.3, -0.25) is 0 Å². The summed E-state index contributed by atoms with van der Waals surface area (Å²) in [6, 6.07) is 40.6. The van der Waals surface area contributed by atoms with Crippen molar-refractivity contribution in [1.29, 1.82) is 0 Å². The normalized spacial score (nSPS) is 25.9. The Kier molecular flexibility index (Phi) is 6.88. The van der Waals surface area contributed by atoms with E-state index < -0.39 is 18.5 Å². The lowest BCUT2D eigenvalue weighted by molar-refractivity contribution is 0.0952. The van der Waals surface area contributed by atoms with Crippen molar-refractivity contribution in [2.24, 2.45) is 0 Å². The molecular formula is C30H22Br3ClO.